The summed E-state index contributed by atoms with van der Waals surface area (Å²) in [4.78, 5) is 24.7. The second kappa shape index (κ2) is 6.19. The zero-order chi connectivity index (χ0) is 15.4. The Kier molecular flexibility index (Phi) is 4.34. The fourth-order valence-electron chi connectivity index (χ4n) is 1.58. The molecule has 0 fully saturated rings. The van der Waals surface area contributed by atoms with Crippen LogP contribution in [0.2, 0.25) is 5.02 Å². The van der Waals surface area contributed by atoms with E-state index in [0.717, 1.165) is 0 Å². The first-order chi connectivity index (χ1) is 9.97. The van der Waals surface area contributed by atoms with Crippen LogP contribution in [0.15, 0.2) is 36.5 Å². The van der Waals surface area contributed by atoms with Gasteiger partial charge in [-0.1, -0.05) is 11.6 Å². The van der Waals surface area contributed by atoms with Crippen LogP contribution in [0.3, 0.4) is 0 Å². The second-order valence-corrected chi connectivity index (χ2v) is 4.44. The lowest BCUT2D eigenvalue weighted by molar-refractivity contribution is -0.385. The van der Waals surface area contributed by atoms with Crippen molar-refractivity contribution in [2.45, 2.75) is 6.61 Å². The van der Waals surface area contributed by atoms with E-state index >= 15 is 0 Å². The van der Waals surface area contributed by atoms with Crippen LogP contribution in [-0.4, -0.2) is 21.0 Å². The highest BCUT2D eigenvalue weighted by molar-refractivity contribution is 6.30. The van der Waals surface area contributed by atoms with Gasteiger partial charge in [0.05, 0.1) is 16.7 Å². The van der Waals surface area contributed by atoms with Gasteiger partial charge in [-0.25, -0.2) is 9.78 Å². The number of nitrogens with zero attached hydrogens (tertiary/aromatic N) is 2. The summed E-state index contributed by atoms with van der Waals surface area (Å²) < 4.78 is 5.35. The van der Waals surface area contributed by atoms with Crippen molar-refractivity contribution >= 4 is 23.3 Å². The van der Waals surface area contributed by atoms with Crippen LogP contribution in [0.5, 0.6) is 5.75 Å². The molecule has 0 radical (unpaired) electrons. The van der Waals surface area contributed by atoms with E-state index in [0.29, 0.717) is 11.3 Å². The number of benzene rings is 1. The van der Waals surface area contributed by atoms with Gasteiger partial charge in [0.25, 0.3) is 5.69 Å². The smallest absolute Gasteiger partial charge is 0.354 e. The molecule has 0 unspecified atom stereocenters. The lowest BCUT2D eigenvalue weighted by Crippen LogP contribution is -2.02. The molecule has 0 aliphatic carbocycles. The third-order valence-corrected chi connectivity index (χ3v) is 2.83. The molecule has 7 nitrogen and oxygen atoms in total. The van der Waals surface area contributed by atoms with Gasteiger partial charge in [0.1, 0.15) is 18.1 Å². The number of hydrogen-bond donors (Lipinski definition) is 1. The molecule has 8 heteroatoms. The van der Waals surface area contributed by atoms with Crippen LogP contribution in [-0.2, 0) is 6.61 Å². The predicted molar refractivity (Wildman–Crippen MR) is 73.6 cm³/mol. The number of nitro benzene ring substituents is 1. The van der Waals surface area contributed by atoms with Crippen molar-refractivity contribution in [3.8, 4) is 5.75 Å². The Hall–Kier alpha value is -2.67. The number of ether oxygens (including phenoxy) is 1. The lowest BCUT2D eigenvalue weighted by atomic mass is 10.2. The molecule has 21 heavy (non-hydrogen) atoms. The van der Waals surface area contributed by atoms with E-state index in [1.165, 1.54) is 36.5 Å². The van der Waals surface area contributed by atoms with E-state index < -0.39 is 10.9 Å². The van der Waals surface area contributed by atoms with Crippen molar-refractivity contribution in [3.63, 3.8) is 0 Å². The van der Waals surface area contributed by atoms with Crippen molar-refractivity contribution in [1.29, 1.82) is 0 Å². The van der Waals surface area contributed by atoms with E-state index in [1.54, 1.807) is 0 Å². The summed E-state index contributed by atoms with van der Waals surface area (Å²) in [5.74, 6) is -0.834. The van der Waals surface area contributed by atoms with Crippen molar-refractivity contribution in [2.75, 3.05) is 0 Å². The highest BCUT2D eigenvalue weighted by Gasteiger charge is 2.15. The van der Waals surface area contributed by atoms with Crippen LogP contribution < -0.4 is 4.74 Å². The number of carboxylic acids is 1. The first kappa shape index (κ1) is 14.7. The van der Waals surface area contributed by atoms with Gasteiger partial charge in [-0.3, -0.25) is 10.1 Å². The fraction of sp³-hybridized carbons (Fsp3) is 0.0769. The molecule has 2 rings (SSSR count). The Morgan fingerprint density at radius 3 is 2.71 bits per heavy atom. The zero-order valence-electron chi connectivity index (χ0n) is 10.5. The number of pyridine rings is 1. The molecule has 0 aliphatic heterocycles. The van der Waals surface area contributed by atoms with Crippen LogP contribution in [0.1, 0.15) is 16.1 Å². The van der Waals surface area contributed by atoms with Crippen LogP contribution in [0.25, 0.3) is 0 Å². The van der Waals surface area contributed by atoms with Crippen molar-refractivity contribution in [2.24, 2.45) is 0 Å². The fourth-order valence-corrected chi connectivity index (χ4v) is 1.75. The Bertz CT molecular complexity index is 687. The van der Waals surface area contributed by atoms with Gasteiger partial charge in [-0.2, -0.15) is 0 Å². The summed E-state index contributed by atoms with van der Waals surface area (Å²) in [5.41, 5.74) is 0.101. The molecule has 1 N–H and O–H groups in total. The van der Waals surface area contributed by atoms with Crippen LogP contribution >= 0.6 is 11.6 Å². The van der Waals surface area contributed by atoms with Gasteiger partial charge < -0.3 is 9.84 Å². The number of carboxylic acid groups (broad SMARTS) is 1. The van der Waals surface area contributed by atoms with Crippen molar-refractivity contribution in [1.82, 2.24) is 4.98 Å². The average Bonchev–Trinajstić information content (AvgIpc) is 2.46. The van der Waals surface area contributed by atoms with Gasteiger partial charge in [0, 0.05) is 11.1 Å². The summed E-state index contributed by atoms with van der Waals surface area (Å²) in [6.45, 7) is -0.0540. The van der Waals surface area contributed by atoms with Crippen LogP contribution in [0.4, 0.5) is 5.69 Å². The maximum Gasteiger partial charge on any atom is 0.354 e. The van der Waals surface area contributed by atoms with Gasteiger partial charge >= 0.3 is 5.97 Å². The van der Waals surface area contributed by atoms with E-state index in [1.807, 2.05) is 0 Å². The number of aromatic carboxylic acids is 1. The molecule has 1 aromatic carbocycles. The molecule has 0 atom stereocenters. The first-order valence-electron chi connectivity index (χ1n) is 5.72. The van der Waals surface area contributed by atoms with Gasteiger partial charge in [-0.05, 0) is 24.3 Å². The second-order valence-electron chi connectivity index (χ2n) is 4.00. The zero-order valence-corrected chi connectivity index (χ0v) is 11.3. The minimum atomic E-state index is -1.14. The van der Waals surface area contributed by atoms with Crippen LogP contribution in [0, 0.1) is 10.1 Å². The number of aromatic nitrogens is 1. The van der Waals surface area contributed by atoms with E-state index in [2.05, 4.69) is 4.98 Å². The SMILES string of the molecule is O=C(O)c1ccc(OCc2ccc(Cl)cc2[N+](=O)[O-])cn1. The maximum absolute atomic E-state index is 10.9. The predicted octanol–water partition coefficient (Wildman–Crippen LogP) is 2.92. The Balaban J connectivity index is 2.13. The third-order valence-electron chi connectivity index (χ3n) is 2.59. The molecular formula is C13H9ClN2O5. The van der Waals surface area contributed by atoms with Gasteiger partial charge in [-0.15, -0.1) is 0 Å². The maximum atomic E-state index is 10.9. The van der Waals surface area contributed by atoms with E-state index in [9.17, 15) is 14.9 Å². The summed E-state index contributed by atoms with van der Waals surface area (Å²) in [5, 5.41) is 19.9. The Morgan fingerprint density at radius 2 is 2.14 bits per heavy atom. The molecule has 0 saturated carbocycles. The minimum Gasteiger partial charge on any atom is -0.487 e. The number of nitro groups is 1. The molecule has 108 valence electrons. The lowest BCUT2D eigenvalue weighted by Gasteiger charge is -2.07. The third kappa shape index (κ3) is 3.67. The summed E-state index contributed by atoms with van der Waals surface area (Å²) in [6.07, 6.45) is 1.24. The molecule has 0 aliphatic rings. The normalized spacial score (nSPS) is 10.1. The standard InChI is InChI=1S/C13H9ClN2O5/c14-9-2-1-8(12(5-9)16(19)20)7-21-10-3-4-11(13(17)18)15-6-10/h1-6H,7H2,(H,17,18). The number of hydrogen-bond acceptors (Lipinski definition) is 5. The molecule has 0 spiro atoms. The van der Waals surface area contributed by atoms with Crippen molar-refractivity contribution in [3.05, 3.63) is 62.9 Å². The molecule has 0 saturated heterocycles. The highest BCUT2D eigenvalue weighted by Crippen LogP contribution is 2.24. The largest absolute Gasteiger partial charge is 0.487 e. The number of halogens is 1. The number of rotatable bonds is 5. The quantitative estimate of drug-likeness (QED) is 0.673. The van der Waals surface area contributed by atoms with Gasteiger partial charge in [0.15, 0.2) is 0 Å². The Labute approximate surface area is 123 Å². The summed E-state index contributed by atoms with van der Waals surface area (Å²) >= 11 is 5.71. The Morgan fingerprint density at radius 1 is 1.38 bits per heavy atom. The molecule has 2 aromatic rings. The van der Waals surface area contributed by atoms with Gasteiger partial charge in [0.2, 0.25) is 0 Å². The first-order valence-corrected chi connectivity index (χ1v) is 6.10. The molecule has 1 heterocycles. The molecular weight excluding hydrogens is 300 g/mol. The van der Waals surface area contributed by atoms with Crippen molar-refractivity contribution < 1.29 is 19.6 Å². The summed E-state index contributed by atoms with van der Waals surface area (Å²) in [6, 6.07) is 6.98. The number of carbonyl (C=O) groups is 1. The topological polar surface area (TPSA) is 103 Å². The van der Waals surface area contributed by atoms with E-state index in [-0.39, 0.29) is 23.0 Å². The molecule has 0 bridgehead atoms. The minimum absolute atomic E-state index is 0.0540. The summed E-state index contributed by atoms with van der Waals surface area (Å²) in [7, 11) is 0. The average molecular weight is 309 g/mol. The highest BCUT2D eigenvalue weighted by atomic mass is 35.5. The van der Waals surface area contributed by atoms with E-state index in [4.69, 9.17) is 21.4 Å². The molecule has 0 amide bonds. The monoisotopic (exact) mass is 308 g/mol. The molecule has 1 aromatic heterocycles.